The van der Waals surface area contributed by atoms with Crippen molar-refractivity contribution in [3.8, 4) is 5.88 Å². The second-order valence-corrected chi connectivity index (χ2v) is 5.22. The maximum atomic E-state index is 10.6. The van der Waals surface area contributed by atoms with E-state index in [4.69, 9.17) is 9.84 Å². The van der Waals surface area contributed by atoms with Crippen LogP contribution in [0.4, 0.5) is 0 Å². The van der Waals surface area contributed by atoms with E-state index in [9.17, 15) is 4.79 Å². The van der Waals surface area contributed by atoms with Gasteiger partial charge in [0.2, 0.25) is 5.88 Å². The average molecular weight is 289 g/mol. The van der Waals surface area contributed by atoms with Gasteiger partial charge in [0, 0.05) is 16.7 Å². The zero-order chi connectivity index (χ0) is 14.4. The molecular formula is C15H15NO3S. The fourth-order valence-corrected chi connectivity index (χ4v) is 2.49. The van der Waals surface area contributed by atoms with Crippen molar-refractivity contribution in [2.45, 2.75) is 17.1 Å². The van der Waals surface area contributed by atoms with Crippen LogP contribution in [-0.4, -0.2) is 23.2 Å². The van der Waals surface area contributed by atoms with Gasteiger partial charge in [0.15, 0.2) is 0 Å². The zero-order valence-corrected chi connectivity index (χ0v) is 11.9. The highest BCUT2D eigenvalue weighted by molar-refractivity contribution is 7.98. The Kier molecular flexibility index (Phi) is 5.01. The second-order valence-electron chi connectivity index (χ2n) is 4.17. The molecule has 4 nitrogen and oxygen atoms in total. The highest BCUT2D eigenvalue weighted by Gasteiger charge is 2.02. The minimum absolute atomic E-state index is 0.0579. The maximum absolute atomic E-state index is 10.6. The summed E-state index contributed by atoms with van der Waals surface area (Å²) in [7, 11) is 1.60. The molecule has 0 radical (unpaired) electrons. The van der Waals surface area contributed by atoms with E-state index in [1.807, 2.05) is 42.5 Å². The van der Waals surface area contributed by atoms with Crippen molar-refractivity contribution in [3.05, 3.63) is 53.7 Å². The van der Waals surface area contributed by atoms with Crippen molar-refractivity contribution in [3.63, 3.8) is 0 Å². The van der Waals surface area contributed by atoms with Crippen LogP contribution in [0, 0.1) is 0 Å². The predicted octanol–water partition coefficient (Wildman–Crippen LogP) is 3.01. The monoisotopic (exact) mass is 289 g/mol. The van der Waals surface area contributed by atoms with Crippen molar-refractivity contribution in [2.24, 2.45) is 0 Å². The van der Waals surface area contributed by atoms with Crippen LogP contribution in [0.3, 0.4) is 0 Å². The number of carbonyl (C=O) groups is 1. The molecule has 0 unspecified atom stereocenters. The van der Waals surface area contributed by atoms with Crippen molar-refractivity contribution in [2.75, 3.05) is 7.11 Å². The molecule has 1 heterocycles. The molecule has 5 heteroatoms. The van der Waals surface area contributed by atoms with Crippen LogP contribution in [0.25, 0.3) is 0 Å². The molecule has 2 aromatic rings. The molecule has 0 atom stereocenters. The van der Waals surface area contributed by atoms with Crippen LogP contribution in [0.2, 0.25) is 0 Å². The molecule has 1 N–H and O–H groups in total. The number of aliphatic carboxylic acids is 1. The number of benzene rings is 1. The molecule has 0 spiro atoms. The van der Waals surface area contributed by atoms with Gasteiger partial charge < -0.3 is 9.84 Å². The molecule has 0 aliphatic rings. The Balaban J connectivity index is 1.94. The Morgan fingerprint density at radius 2 is 2.00 bits per heavy atom. The summed E-state index contributed by atoms with van der Waals surface area (Å²) in [5.41, 5.74) is 1.75. The fourth-order valence-electron chi connectivity index (χ4n) is 1.69. The van der Waals surface area contributed by atoms with Gasteiger partial charge in [0.05, 0.1) is 19.2 Å². The van der Waals surface area contributed by atoms with Gasteiger partial charge >= 0.3 is 5.97 Å². The largest absolute Gasteiger partial charge is 0.481 e. The summed E-state index contributed by atoms with van der Waals surface area (Å²) in [4.78, 5) is 16.0. The number of ether oxygens (including phenoxy) is 1. The number of aromatic nitrogens is 1. The molecule has 0 bridgehead atoms. The van der Waals surface area contributed by atoms with Crippen molar-refractivity contribution >= 4 is 17.7 Å². The number of hydrogen-bond acceptors (Lipinski definition) is 4. The second kappa shape index (κ2) is 6.96. The number of rotatable bonds is 6. The highest BCUT2D eigenvalue weighted by Crippen LogP contribution is 2.23. The summed E-state index contributed by atoms with van der Waals surface area (Å²) in [5, 5.41) is 8.71. The standard InChI is InChI=1S/C15H15NO3S/c1-19-14-4-2-3-12(16-14)10-20-13-7-5-11(6-8-13)9-15(17)18/h2-8H,9-10H2,1H3,(H,17,18). The van der Waals surface area contributed by atoms with Gasteiger partial charge in [-0.3, -0.25) is 4.79 Å². The molecule has 0 aliphatic carbocycles. The van der Waals surface area contributed by atoms with E-state index in [1.165, 1.54) is 0 Å². The predicted molar refractivity (Wildman–Crippen MR) is 78.1 cm³/mol. The third kappa shape index (κ3) is 4.28. The van der Waals surface area contributed by atoms with E-state index < -0.39 is 5.97 Å². The first kappa shape index (κ1) is 14.4. The van der Waals surface area contributed by atoms with Crippen LogP contribution in [-0.2, 0) is 17.0 Å². The molecule has 0 fully saturated rings. The van der Waals surface area contributed by atoms with Crippen molar-refractivity contribution in [1.82, 2.24) is 4.98 Å². The number of carboxylic acid groups (broad SMARTS) is 1. The number of pyridine rings is 1. The minimum atomic E-state index is -0.814. The van der Waals surface area contributed by atoms with Crippen molar-refractivity contribution < 1.29 is 14.6 Å². The van der Waals surface area contributed by atoms with E-state index in [0.29, 0.717) is 5.88 Å². The molecule has 0 saturated carbocycles. The minimum Gasteiger partial charge on any atom is -0.481 e. The third-order valence-electron chi connectivity index (χ3n) is 2.66. The molecule has 1 aromatic carbocycles. The summed E-state index contributed by atoms with van der Waals surface area (Å²) >= 11 is 1.65. The number of nitrogens with zero attached hydrogens (tertiary/aromatic N) is 1. The quantitative estimate of drug-likeness (QED) is 0.828. The Bertz CT molecular complexity index is 584. The molecule has 2 rings (SSSR count). The van der Waals surface area contributed by atoms with E-state index in [1.54, 1.807) is 18.9 Å². The van der Waals surface area contributed by atoms with Gasteiger partial charge in [-0.25, -0.2) is 4.98 Å². The van der Waals surface area contributed by atoms with E-state index in [-0.39, 0.29) is 6.42 Å². The molecular weight excluding hydrogens is 274 g/mol. The maximum Gasteiger partial charge on any atom is 0.307 e. The number of thioether (sulfide) groups is 1. The topological polar surface area (TPSA) is 59.4 Å². The van der Waals surface area contributed by atoms with E-state index in [2.05, 4.69) is 4.98 Å². The summed E-state index contributed by atoms with van der Waals surface area (Å²) in [6, 6.07) is 13.2. The Labute approximate surface area is 121 Å². The number of hydrogen-bond donors (Lipinski definition) is 1. The van der Waals surface area contributed by atoms with Gasteiger partial charge in [-0.15, -0.1) is 11.8 Å². The molecule has 0 aliphatic heterocycles. The molecule has 0 saturated heterocycles. The Morgan fingerprint density at radius 1 is 1.25 bits per heavy atom. The summed E-state index contributed by atoms with van der Waals surface area (Å²) in [5.74, 6) is 0.543. The molecule has 0 amide bonds. The third-order valence-corrected chi connectivity index (χ3v) is 3.70. The lowest BCUT2D eigenvalue weighted by molar-refractivity contribution is -0.136. The first-order valence-electron chi connectivity index (χ1n) is 6.11. The first-order chi connectivity index (χ1) is 9.67. The van der Waals surface area contributed by atoms with Crippen LogP contribution in [0.1, 0.15) is 11.3 Å². The molecule has 20 heavy (non-hydrogen) atoms. The van der Waals surface area contributed by atoms with Crippen molar-refractivity contribution in [1.29, 1.82) is 0 Å². The summed E-state index contributed by atoms with van der Waals surface area (Å²) < 4.78 is 5.08. The Morgan fingerprint density at radius 3 is 2.65 bits per heavy atom. The van der Waals surface area contributed by atoms with Gasteiger partial charge in [0.1, 0.15) is 0 Å². The SMILES string of the molecule is COc1cccc(CSc2ccc(CC(=O)O)cc2)n1. The van der Waals surface area contributed by atoms with Gasteiger partial charge in [0.25, 0.3) is 0 Å². The lowest BCUT2D eigenvalue weighted by Crippen LogP contribution is -1.99. The number of carboxylic acids is 1. The smallest absolute Gasteiger partial charge is 0.307 e. The van der Waals surface area contributed by atoms with Gasteiger partial charge in [-0.05, 0) is 23.8 Å². The van der Waals surface area contributed by atoms with E-state index in [0.717, 1.165) is 21.9 Å². The molecule has 104 valence electrons. The first-order valence-corrected chi connectivity index (χ1v) is 7.09. The molecule has 1 aromatic heterocycles. The summed E-state index contributed by atoms with van der Waals surface area (Å²) in [6.07, 6.45) is 0.0579. The van der Waals surface area contributed by atoms with Crippen LogP contribution in [0.5, 0.6) is 5.88 Å². The van der Waals surface area contributed by atoms with Gasteiger partial charge in [-0.1, -0.05) is 18.2 Å². The van der Waals surface area contributed by atoms with Crippen LogP contribution >= 0.6 is 11.8 Å². The van der Waals surface area contributed by atoms with Crippen LogP contribution in [0.15, 0.2) is 47.4 Å². The highest BCUT2D eigenvalue weighted by atomic mass is 32.2. The Hall–Kier alpha value is -2.01. The number of methoxy groups -OCH3 is 1. The van der Waals surface area contributed by atoms with Gasteiger partial charge in [-0.2, -0.15) is 0 Å². The zero-order valence-electron chi connectivity index (χ0n) is 11.1. The average Bonchev–Trinajstić information content (AvgIpc) is 2.46. The summed E-state index contributed by atoms with van der Waals surface area (Å²) in [6.45, 7) is 0. The van der Waals surface area contributed by atoms with E-state index >= 15 is 0 Å². The van der Waals surface area contributed by atoms with Crippen LogP contribution < -0.4 is 4.74 Å². The lowest BCUT2D eigenvalue weighted by Gasteiger charge is -2.04. The normalized spacial score (nSPS) is 10.2. The fraction of sp³-hybridized carbons (Fsp3) is 0.200. The lowest BCUT2D eigenvalue weighted by atomic mass is 10.2.